The molecular weight excluding hydrogens is 168 g/mol. The molecule has 0 radical (unpaired) electrons. The van der Waals surface area contributed by atoms with E-state index in [-0.39, 0.29) is 0 Å². The Bertz CT molecular complexity index is 196. The molecule has 0 aliphatic rings. The molecule has 1 rings (SSSR count). The lowest BCUT2D eigenvalue weighted by atomic mass is 10.1. The second-order valence-corrected chi connectivity index (χ2v) is 3.77. The molecule has 0 saturated heterocycles. The van der Waals surface area contributed by atoms with Gasteiger partial charge in [0.05, 0.1) is 5.01 Å². The van der Waals surface area contributed by atoms with Gasteiger partial charge in [0.1, 0.15) is 0 Å². The van der Waals surface area contributed by atoms with Gasteiger partial charge in [-0.1, -0.05) is 13.8 Å². The lowest BCUT2D eigenvalue weighted by Gasteiger charge is -2.13. The highest BCUT2D eigenvalue weighted by atomic mass is 32.1. The molecule has 3 heteroatoms. The van der Waals surface area contributed by atoms with Gasteiger partial charge in [0, 0.05) is 24.0 Å². The van der Waals surface area contributed by atoms with Crippen LogP contribution in [0.3, 0.4) is 0 Å². The molecule has 1 atom stereocenters. The van der Waals surface area contributed by atoms with Crippen LogP contribution in [0, 0.1) is 0 Å². The second kappa shape index (κ2) is 5.27. The van der Waals surface area contributed by atoms with E-state index in [1.165, 1.54) is 11.4 Å². The van der Waals surface area contributed by atoms with Crippen molar-refractivity contribution in [2.45, 2.75) is 32.7 Å². The summed E-state index contributed by atoms with van der Waals surface area (Å²) in [7, 11) is 0. The first-order chi connectivity index (χ1) is 5.86. The molecule has 0 fully saturated rings. The largest absolute Gasteiger partial charge is 0.314 e. The Morgan fingerprint density at radius 1 is 1.58 bits per heavy atom. The van der Waals surface area contributed by atoms with E-state index in [9.17, 15) is 0 Å². The molecule has 12 heavy (non-hydrogen) atoms. The van der Waals surface area contributed by atoms with E-state index in [0.29, 0.717) is 6.04 Å². The van der Waals surface area contributed by atoms with E-state index in [1.807, 2.05) is 11.6 Å². The Hall–Kier alpha value is -0.410. The second-order valence-electron chi connectivity index (χ2n) is 2.79. The number of likely N-dealkylation sites (N-methyl/N-ethyl adjacent to an activating group) is 1. The van der Waals surface area contributed by atoms with Crippen LogP contribution < -0.4 is 5.32 Å². The van der Waals surface area contributed by atoms with Crippen molar-refractivity contribution in [3.8, 4) is 0 Å². The molecular formula is C9H16N2S. The number of hydrogen-bond acceptors (Lipinski definition) is 3. The average Bonchev–Trinajstić information content (AvgIpc) is 2.56. The molecule has 1 N–H and O–H groups in total. The van der Waals surface area contributed by atoms with Crippen molar-refractivity contribution in [3.63, 3.8) is 0 Å². The van der Waals surface area contributed by atoms with Crippen molar-refractivity contribution >= 4 is 11.3 Å². The highest BCUT2D eigenvalue weighted by Gasteiger charge is 2.06. The molecule has 1 unspecified atom stereocenters. The van der Waals surface area contributed by atoms with Gasteiger partial charge in [-0.25, -0.2) is 4.98 Å². The maximum absolute atomic E-state index is 4.26. The summed E-state index contributed by atoms with van der Waals surface area (Å²) in [4.78, 5) is 4.26. The molecule has 0 bridgehead atoms. The van der Waals surface area contributed by atoms with Crippen molar-refractivity contribution in [3.05, 3.63) is 16.6 Å². The summed E-state index contributed by atoms with van der Waals surface area (Å²) in [6.07, 6.45) is 4.12. The van der Waals surface area contributed by atoms with Gasteiger partial charge < -0.3 is 5.32 Å². The van der Waals surface area contributed by atoms with E-state index < -0.39 is 0 Å². The minimum Gasteiger partial charge on any atom is -0.314 e. The Kier molecular flexibility index (Phi) is 4.25. The maximum Gasteiger partial charge on any atom is 0.0940 e. The van der Waals surface area contributed by atoms with Crippen LogP contribution in [0.2, 0.25) is 0 Å². The zero-order chi connectivity index (χ0) is 8.81. The average molecular weight is 184 g/mol. The molecule has 1 aromatic heterocycles. The summed E-state index contributed by atoms with van der Waals surface area (Å²) in [6, 6.07) is 0.598. The van der Waals surface area contributed by atoms with Gasteiger partial charge in [0.15, 0.2) is 0 Å². The number of nitrogens with zero attached hydrogens (tertiary/aromatic N) is 1. The Labute approximate surface area is 78.0 Å². The predicted octanol–water partition coefficient (Wildman–Crippen LogP) is 2.07. The third kappa shape index (κ3) is 2.91. The minimum absolute atomic E-state index is 0.598. The third-order valence-corrected chi connectivity index (χ3v) is 2.69. The quantitative estimate of drug-likeness (QED) is 0.758. The predicted molar refractivity (Wildman–Crippen MR) is 53.6 cm³/mol. The van der Waals surface area contributed by atoms with Crippen molar-refractivity contribution in [2.24, 2.45) is 0 Å². The lowest BCUT2D eigenvalue weighted by Crippen LogP contribution is -2.30. The van der Waals surface area contributed by atoms with E-state index >= 15 is 0 Å². The van der Waals surface area contributed by atoms with Crippen LogP contribution in [0.4, 0.5) is 0 Å². The van der Waals surface area contributed by atoms with E-state index in [2.05, 4.69) is 24.1 Å². The van der Waals surface area contributed by atoms with Crippen molar-refractivity contribution in [2.75, 3.05) is 6.54 Å². The Morgan fingerprint density at radius 3 is 2.92 bits per heavy atom. The molecule has 0 amide bonds. The topological polar surface area (TPSA) is 24.9 Å². The van der Waals surface area contributed by atoms with E-state index in [1.54, 1.807) is 11.3 Å². The van der Waals surface area contributed by atoms with Crippen LogP contribution >= 0.6 is 11.3 Å². The third-order valence-electron chi connectivity index (χ3n) is 1.89. The van der Waals surface area contributed by atoms with Crippen molar-refractivity contribution in [1.82, 2.24) is 10.3 Å². The number of nitrogens with one attached hydrogen (secondary N) is 1. The highest BCUT2D eigenvalue weighted by Crippen LogP contribution is 2.08. The molecule has 0 aliphatic carbocycles. The van der Waals surface area contributed by atoms with Crippen LogP contribution in [-0.4, -0.2) is 17.6 Å². The number of rotatable bonds is 5. The maximum atomic E-state index is 4.26. The fourth-order valence-corrected chi connectivity index (χ4v) is 1.91. The van der Waals surface area contributed by atoms with Crippen LogP contribution in [0.1, 0.15) is 25.3 Å². The van der Waals surface area contributed by atoms with Gasteiger partial charge in [0.2, 0.25) is 0 Å². The zero-order valence-electron chi connectivity index (χ0n) is 7.71. The van der Waals surface area contributed by atoms with Gasteiger partial charge in [-0.3, -0.25) is 0 Å². The smallest absolute Gasteiger partial charge is 0.0940 e. The van der Waals surface area contributed by atoms with Crippen LogP contribution in [0.15, 0.2) is 11.6 Å². The molecule has 1 heterocycles. The monoisotopic (exact) mass is 184 g/mol. The Morgan fingerprint density at radius 2 is 2.42 bits per heavy atom. The normalized spacial score (nSPS) is 13.2. The molecule has 2 nitrogen and oxygen atoms in total. The standard InChI is InChI=1S/C9H16N2S/c1-3-8(10-4-2)7-9-11-5-6-12-9/h5-6,8,10H,3-4,7H2,1-2H3. The first-order valence-electron chi connectivity index (χ1n) is 4.48. The van der Waals surface area contributed by atoms with E-state index in [0.717, 1.165) is 13.0 Å². The van der Waals surface area contributed by atoms with Gasteiger partial charge in [0.25, 0.3) is 0 Å². The zero-order valence-corrected chi connectivity index (χ0v) is 8.53. The van der Waals surface area contributed by atoms with Crippen LogP contribution in [-0.2, 0) is 6.42 Å². The molecule has 0 aliphatic heterocycles. The summed E-state index contributed by atoms with van der Waals surface area (Å²) in [5.41, 5.74) is 0. The van der Waals surface area contributed by atoms with Crippen LogP contribution in [0.25, 0.3) is 0 Å². The van der Waals surface area contributed by atoms with Crippen LogP contribution in [0.5, 0.6) is 0 Å². The first kappa shape index (κ1) is 9.68. The fraction of sp³-hybridized carbons (Fsp3) is 0.667. The van der Waals surface area contributed by atoms with Gasteiger partial charge in [-0.15, -0.1) is 11.3 Å². The minimum atomic E-state index is 0.598. The lowest BCUT2D eigenvalue weighted by molar-refractivity contribution is 0.509. The molecule has 0 spiro atoms. The number of aromatic nitrogens is 1. The molecule has 0 aromatic carbocycles. The molecule has 1 aromatic rings. The summed E-state index contributed by atoms with van der Waals surface area (Å²) >= 11 is 1.74. The Balaban J connectivity index is 2.37. The first-order valence-corrected chi connectivity index (χ1v) is 5.36. The summed E-state index contributed by atoms with van der Waals surface area (Å²) in [6.45, 7) is 5.40. The van der Waals surface area contributed by atoms with Crippen molar-refractivity contribution in [1.29, 1.82) is 0 Å². The molecule has 0 saturated carbocycles. The highest BCUT2D eigenvalue weighted by molar-refractivity contribution is 7.09. The fourth-order valence-electron chi connectivity index (χ4n) is 1.21. The van der Waals surface area contributed by atoms with Gasteiger partial charge in [-0.05, 0) is 13.0 Å². The summed E-state index contributed by atoms with van der Waals surface area (Å²) in [5.74, 6) is 0. The number of thiazole rings is 1. The van der Waals surface area contributed by atoms with E-state index in [4.69, 9.17) is 0 Å². The summed E-state index contributed by atoms with van der Waals surface area (Å²) in [5, 5.41) is 6.71. The van der Waals surface area contributed by atoms with Gasteiger partial charge in [-0.2, -0.15) is 0 Å². The molecule has 68 valence electrons. The van der Waals surface area contributed by atoms with Crippen molar-refractivity contribution < 1.29 is 0 Å². The SMILES string of the molecule is CCNC(CC)Cc1nccs1. The number of hydrogen-bond donors (Lipinski definition) is 1. The summed E-state index contributed by atoms with van der Waals surface area (Å²) < 4.78 is 0. The van der Waals surface area contributed by atoms with Gasteiger partial charge >= 0.3 is 0 Å².